The number of pyridine rings is 1. The lowest BCUT2D eigenvalue weighted by Gasteiger charge is -2.14. The van der Waals surface area contributed by atoms with Crippen LogP contribution in [0.2, 0.25) is 0 Å². The van der Waals surface area contributed by atoms with Crippen LogP contribution in [0.1, 0.15) is 21.8 Å². The van der Waals surface area contributed by atoms with Gasteiger partial charge in [0.2, 0.25) is 0 Å². The molecule has 1 unspecified atom stereocenters. The SMILES string of the molecule is CNC(=O)n1c(C)cc2cc(Oc3ccnc4cc(C(=O)N5CCC(OC)C5)sc34)ccc21. The third-order valence-electron chi connectivity index (χ3n) is 5.95. The fourth-order valence-electron chi connectivity index (χ4n) is 4.26. The number of methoxy groups -OCH3 is 1. The predicted molar refractivity (Wildman–Crippen MR) is 128 cm³/mol. The average molecular weight is 465 g/mol. The summed E-state index contributed by atoms with van der Waals surface area (Å²) < 4.78 is 14.0. The molecule has 1 aliphatic rings. The van der Waals surface area contributed by atoms with E-state index in [2.05, 4.69) is 10.3 Å². The number of carbonyl (C=O) groups is 2. The molecule has 1 atom stereocenters. The molecule has 33 heavy (non-hydrogen) atoms. The minimum atomic E-state index is -0.183. The molecule has 1 aromatic carbocycles. The second-order valence-corrected chi connectivity index (χ2v) is 9.08. The van der Waals surface area contributed by atoms with Gasteiger partial charge in [-0.3, -0.25) is 14.3 Å². The van der Waals surface area contributed by atoms with Crippen molar-refractivity contribution in [2.24, 2.45) is 0 Å². The number of nitrogens with one attached hydrogen (secondary N) is 1. The van der Waals surface area contributed by atoms with Crippen LogP contribution in [0.3, 0.4) is 0 Å². The van der Waals surface area contributed by atoms with Crippen molar-refractivity contribution in [3.63, 3.8) is 0 Å². The molecule has 9 heteroatoms. The topological polar surface area (TPSA) is 85.7 Å². The number of hydrogen-bond donors (Lipinski definition) is 1. The van der Waals surface area contributed by atoms with Crippen LogP contribution in [-0.4, -0.2) is 59.7 Å². The fourth-order valence-corrected chi connectivity index (χ4v) is 5.30. The van der Waals surface area contributed by atoms with Gasteiger partial charge in [-0.15, -0.1) is 11.3 Å². The van der Waals surface area contributed by atoms with Crippen LogP contribution in [0.4, 0.5) is 4.79 Å². The lowest BCUT2D eigenvalue weighted by Crippen LogP contribution is -2.29. The Morgan fingerprint density at radius 2 is 2.06 bits per heavy atom. The molecule has 0 radical (unpaired) electrons. The molecule has 0 saturated carbocycles. The molecule has 0 aliphatic carbocycles. The van der Waals surface area contributed by atoms with Crippen molar-refractivity contribution in [1.29, 1.82) is 0 Å². The molecular formula is C24H24N4O4S. The number of carbonyl (C=O) groups excluding carboxylic acids is 2. The first-order valence-corrected chi connectivity index (χ1v) is 11.5. The first-order chi connectivity index (χ1) is 16.0. The maximum Gasteiger partial charge on any atom is 0.325 e. The molecule has 1 aliphatic heterocycles. The molecule has 0 spiro atoms. The normalized spacial score (nSPS) is 16.0. The summed E-state index contributed by atoms with van der Waals surface area (Å²) >= 11 is 1.39. The lowest BCUT2D eigenvalue weighted by molar-refractivity contribution is 0.0728. The molecule has 1 saturated heterocycles. The zero-order valence-corrected chi connectivity index (χ0v) is 19.4. The van der Waals surface area contributed by atoms with E-state index in [4.69, 9.17) is 9.47 Å². The number of rotatable bonds is 4. The number of hydrogen-bond acceptors (Lipinski definition) is 6. The van der Waals surface area contributed by atoms with Gasteiger partial charge in [-0.2, -0.15) is 0 Å². The minimum absolute atomic E-state index is 0.00376. The van der Waals surface area contributed by atoms with Gasteiger partial charge in [0.1, 0.15) is 11.5 Å². The van der Waals surface area contributed by atoms with Gasteiger partial charge in [-0.05, 0) is 43.7 Å². The van der Waals surface area contributed by atoms with Crippen molar-refractivity contribution in [1.82, 2.24) is 19.8 Å². The third-order valence-corrected chi connectivity index (χ3v) is 7.08. The van der Waals surface area contributed by atoms with Crippen molar-refractivity contribution in [3.05, 3.63) is 53.2 Å². The van der Waals surface area contributed by atoms with E-state index in [0.29, 0.717) is 29.5 Å². The Morgan fingerprint density at radius 3 is 2.82 bits per heavy atom. The van der Waals surface area contributed by atoms with Crippen molar-refractivity contribution >= 4 is 44.4 Å². The molecule has 4 aromatic rings. The highest BCUT2D eigenvalue weighted by Gasteiger charge is 2.28. The number of aromatic nitrogens is 2. The van der Waals surface area contributed by atoms with Gasteiger partial charge in [0, 0.05) is 50.6 Å². The largest absolute Gasteiger partial charge is 0.456 e. The Hall–Kier alpha value is -3.43. The summed E-state index contributed by atoms with van der Waals surface area (Å²) in [5.41, 5.74) is 2.38. The van der Waals surface area contributed by atoms with Crippen LogP contribution in [0, 0.1) is 6.92 Å². The van der Waals surface area contributed by atoms with E-state index in [1.165, 1.54) is 11.3 Å². The minimum Gasteiger partial charge on any atom is -0.456 e. The summed E-state index contributed by atoms with van der Waals surface area (Å²) in [6.45, 7) is 3.19. The van der Waals surface area contributed by atoms with Crippen LogP contribution in [0.5, 0.6) is 11.5 Å². The Labute approximate surface area is 194 Å². The lowest BCUT2D eigenvalue weighted by atomic mass is 10.2. The van der Waals surface area contributed by atoms with Crippen molar-refractivity contribution in [2.75, 3.05) is 27.2 Å². The standard InChI is InChI=1S/C24H24N4O4S/c1-14-10-15-11-16(4-5-19(15)28(14)24(30)25-2)32-20-6-8-26-18-12-21(33-22(18)20)23(29)27-9-7-17(13-27)31-3/h4-6,8,10-12,17H,7,9,13H2,1-3H3,(H,25,30). The van der Waals surface area contributed by atoms with E-state index >= 15 is 0 Å². The molecule has 170 valence electrons. The first-order valence-electron chi connectivity index (χ1n) is 10.7. The van der Waals surface area contributed by atoms with Crippen LogP contribution < -0.4 is 10.1 Å². The number of likely N-dealkylation sites (tertiary alicyclic amines) is 1. The van der Waals surface area contributed by atoms with Crippen LogP contribution in [-0.2, 0) is 4.74 Å². The summed E-state index contributed by atoms with van der Waals surface area (Å²) in [6, 6.07) is 11.0. The van der Waals surface area contributed by atoms with E-state index in [1.807, 2.05) is 42.2 Å². The van der Waals surface area contributed by atoms with Gasteiger partial charge in [0.05, 0.1) is 26.7 Å². The second kappa shape index (κ2) is 8.49. The van der Waals surface area contributed by atoms with Crippen molar-refractivity contribution < 1.29 is 19.1 Å². The molecule has 0 bridgehead atoms. The highest BCUT2D eigenvalue weighted by molar-refractivity contribution is 7.21. The maximum atomic E-state index is 13.0. The summed E-state index contributed by atoms with van der Waals surface area (Å²) in [5, 5.41) is 3.57. The van der Waals surface area contributed by atoms with E-state index < -0.39 is 0 Å². The summed E-state index contributed by atoms with van der Waals surface area (Å²) in [4.78, 5) is 32.1. The number of amides is 2. The number of nitrogens with zero attached hydrogens (tertiary/aromatic N) is 3. The van der Waals surface area contributed by atoms with Crippen molar-refractivity contribution in [2.45, 2.75) is 19.4 Å². The van der Waals surface area contributed by atoms with Gasteiger partial charge in [-0.25, -0.2) is 4.79 Å². The van der Waals surface area contributed by atoms with Gasteiger partial charge >= 0.3 is 6.03 Å². The molecule has 5 rings (SSSR count). The Bertz CT molecular complexity index is 1380. The quantitative estimate of drug-likeness (QED) is 0.484. The van der Waals surface area contributed by atoms with Crippen LogP contribution in [0.25, 0.3) is 21.1 Å². The van der Waals surface area contributed by atoms with Crippen molar-refractivity contribution in [3.8, 4) is 11.5 Å². The Morgan fingerprint density at radius 1 is 1.21 bits per heavy atom. The summed E-state index contributed by atoms with van der Waals surface area (Å²) in [7, 11) is 3.29. The zero-order chi connectivity index (χ0) is 23.1. The monoisotopic (exact) mass is 464 g/mol. The third kappa shape index (κ3) is 3.83. The fraction of sp³-hybridized carbons (Fsp3) is 0.292. The molecule has 4 heterocycles. The molecular weight excluding hydrogens is 440 g/mol. The van der Waals surface area contributed by atoms with Crippen LogP contribution >= 0.6 is 11.3 Å². The van der Waals surface area contributed by atoms with Gasteiger partial charge in [0.25, 0.3) is 5.91 Å². The van der Waals surface area contributed by atoms with Gasteiger partial charge in [0.15, 0.2) is 0 Å². The smallest absolute Gasteiger partial charge is 0.325 e. The Kier molecular flexibility index (Phi) is 5.51. The Balaban J connectivity index is 1.44. The van der Waals surface area contributed by atoms with E-state index in [9.17, 15) is 9.59 Å². The highest BCUT2D eigenvalue weighted by Crippen LogP contribution is 2.36. The number of ether oxygens (including phenoxy) is 2. The molecule has 1 N–H and O–H groups in total. The average Bonchev–Trinajstić information content (AvgIpc) is 3.54. The summed E-state index contributed by atoms with van der Waals surface area (Å²) in [6.07, 6.45) is 2.63. The highest BCUT2D eigenvalue weighted by atomic mass is 32.1. The predicted octanol–water partition coefficient (Wildman–Crippen LogP) is 4.40. The number of thiophene rings is 1. The first kappa shape index (κ1) is 21.4. The maximum absolute atomic E-state index is 13.0. The second-order valence-electron chi connectivity index (χ2n) is 8.03. The van der Waals surface area contributed by atoms with E-state index in [1.54, 1.807) is 31.0 Å². The van der Waals surface area contributed by atoms with E-state index in [-0.39, 0.29) is 18.0 Å². The number of fused-ring (bicyclic) bond motifs is 2. The molecule has 3 aromatic heterocycles. The molecule has 8 nitrogen and oxygen atoms in total. The molecule has 1 fully saturated rings. The van der Waals surface area contributed by atoms with Gasteiger partial charge in [-0.1, -0.05) is 0 Å². The van der Waals surface area contributed by atoms with Crippen LogP contribution in [0.15, 0.2) is 42.6 Å². The van der Waals surface area contributed by atoms with E-state index in [0.717, 1.165) is 33.2 Å². The number of aryl methyl sites for hydroxylation is 1. The zero-order valence-electron chi connectivity index (χ0n) is 18.6. The number of benzene rings is 1. The summed E-state index contributed by atoms with van der Waals surface area (Å²) in [5.74, 6) is 1.28. The van der Waals surface area contributed by atoms with Gasteiger partial charge < -0.3 is 19.7 Å². The molecule has 2 amide bonds.